The molecule has 1 heterocycles. The van der Waals surface area contributed by atoms with Gasteiger partial charge < -0.3 is 15.3 Å². The van der Waals surface area contributed by atoms with Gasteiger partial charge in [0.25, 0.3) is 0 Å². The van der Waals surface area contributed by atoms with Crippen molar-refractivity contribution in [1.82, 2.24) is 0 Å². The molecule has 0 saturated heterocycles. The van der Waals surface area contributed by atoms with Crippen LogP contribution in [-0.4, -0.2) is 11.0 Å². The van der Waals surface area contributed by atoms with Crippen LogP contribution in [0.1, 0.15) is 21.5 Å². The Morgan fingerprint density at radius 2 is 1.86 bits per heavy atom. The number of phenols is 1. The molecule has 0 aliphatic carbocycles. The van der Waals surface area contributed by atoms with Crippen LogP contribution in [0.2, 0.25) is 0 Å². The zero-order chi connectivity index (χ0) is 14.8. The van der Waals surface area contributed by atoms with Crippen molar-refractivity contribution in [3.63, 3.8) is 0 Å². The van der Waals surface area contributed by atoms with E-state index in [0.29, 0.717) is 11.1 Å². The summed E-state index contributed by atoms with van der Waals surface area (Å²) in [6.07, 6.45) is 3.23. The van der Waals surface area contributed by atoms with E-state index in [1.807, 2.05) is 18.2 Å². The Morgan fingerprint density at radius 1 is 1.10 bits per heavy atom. The number of carbonyl (C=O) groups is 1. The van der Waals surface area contributed by atoms with E-state index < -0.39 is 5.91 Å². The molecule has 3 N–H and O–H groups in total. The van der Waals surface area contributed by atoms with Gasteiger partial charge in [-0.3, -0.25) is 4.79 Å². The molecule has 0 aliphatic rings. The Bertz CT molecular complexity index is 787. The van der Waals surface area contributed by atoms with Gasteiger partial charge in [-0.25, -0.2) is 0 Å². The number of aromatic hydroxyl groups is 1. The number of aryl methyl sites for hydroxylation is 2. The quantitative estimate of drug-likeness (QED) is 0.771. The molecule has 21 heavy (non-hydrogen) atoms. The van der Waals surface area contributed by atoms with Gasteiger partial charge >= 0.3 is 0 Å². The van der Waals surface area contributed by atoms with Crippen molar-refractivity contribution >= 4 is 16.9 Å². The SMILES string of the molecule is NC(=O)c1ccc(CCc2coc3cccc(O)c23)cc1. The number of hydrogen-bond donors (Lipinski definition) is 2. The molecule has 1 amide bonds. The Balaban J connectivity index is 1.79. The fourth-order valence-electron chi connectivity index (χ4n) is 2.43. The molecule has 106 valence electrons. The van der Waals surface area contributed by atoms with E-state index in [9.17, 15) is 9.90 Å². The number of hydrogen-bond acceptors (Lipinski definition) is 3. The van der Waals surface area contributed by atoms with Gasteiger partial charge in [0, 0.05) is 11.1 Å². The first-order valence-corrected chi connectivity index (χ1v) is 6.72. The Hall–Kier alpha value is -2.75. The predicted molar refractivity (Wildman–Crippen MR) is 80.2 cm³/mol. The molecule has 0 radical (unpaired) electrons. The van der Waals surface area contributed by atoms with Crippen molar-refractivity contribution in [3.05, 3.63) is 65.4 Å². The molecule has 0 aliphatic heterocycles. The molecule has 0 unspecified atom stereocenters. The lowest BCUT2D eigenvalue weighted by atomic mass is 10.0. The highest BCUT2D eigenvalue weighted by atomic mass is 16.3. The number of furan rings is 1. The molecule has 0 atom stereocenters. The van der Waals surface area contributed by atoms with Crippen LogP contribution < -0.4 is 5.73 Å². The van der Waals surface area contributed by atoms with Crippen molar-refractivity contribution in [2.24, 2.45) is 5.73 Å². The molecule has 4 heteroatoms. The number of rotatable bonds is 4. The standard InChI is InChI=1S/C17H15NO3/c18-17(20)12-7-4-11(5-8-12)6-9-13-10-21-15-3-1-2-14(19)16(13)15/h1-5,7-8,10,19H,6,9H2,(H2,18,20). The summed E-state index contributed by atoms with van der Waals surface area (Å²) in [6, 6.07) is 12.5. The zero-order valence-electron chi connectivity index (χ0n) is 11.4. The lowest BCUT2D eigenvalue weighted by Crippen LogP contribution is -2.10. The molecular weight excluding hydrogens is 266 g/mol. The van der Waals surface area contributed by atoms with Crippen LogP contribution in [0.5, 0.6) is 5.75 Å². The maximum absolute atomic E-state index is 11.0. The Morgan fingerprint density at radius 3 is 2.57 bits per heavy atom. The van der Waals surface area contributed by atoms with Crippen molar-refractivity contribution in [2.45, 2.75) is 12.8 Å². The zero-order valence-corrected chi connectivity index (χ0v) is 11.4. The summed E-state index contributed by atoms with van der Waals surface area (Å²) >= 11 is 0. The summed E-state index contributed by atoms with van der Waals surface area (Å²) in [4.78, 5) is 11.0. The smallest absolute Gasteiger partial charge is 0.248 e. The van der Waals surface area contributed by atoms with Crippen molar-refractivity contribution in [2.75, 3.05) is 0 Å². The summed E-state index contributed by atoms with van der Waals surface area (Å²) in [5.74, 6) is -0.187. The number of benzene rings is 2. The fraction of sp³-hybridized carbons (Fsp3) is 0.118. The van der Waals surface area contributed by atoms with Gasteiger partial charge in [0.05, 0.1) is 11.6 Å². The minimum atomic E-state index is -0.424. The van der Waals surface area contributed by atoms with Gasteiger partial charge in [-0.15, -0.1) is 0 Å². The van der Waals surface area contributed by atoms with Crippen molar-refractivity contribution < 1.29 is 14.3 Å². The summed E-state index contributed by atoms with van der Waals surface area (Å²) in [5, 5.41) is 10.7. The van der Waals surface area contributed by atoms with E-state index in [1.54, 1.807) is 30.5 Å². The van der Waals surface area contributed by atoms with Gasteiger partial charge in [0.2, 0.25) is 5.91 Å². The Kier molecular flexibility index (Phi) is 3.36. The van der Waals surface area contributed by atoms with Crippen LogP contribution in [0.4, 0.5) is 0 Å². The van der Waals surface area contributed by atoms with E-state index >= 15 is 0 Å². The molecule has 3 rings (SSSR count). The van der Waals surface area contributed by atoms with Crippen molar-refractivity contribution in [1.29, 1.82) is 0 Å². The second-order valence-corrected chi connectivity index (χ2v) is 4.97. The van der Waals surface area contributed by atoms with Gasteiger partial charge in [0.15, 0.2) is 0 Å². The number of amides is 1. The number of fused-ring (bicyclic) bond motifs is 1. The summed E-state index contributed by atoms with van der Waals surface area (Å²) in [7, 11) is 0. The molecule has 0 bridgehead atoms. The van der Waals surface area contributed by atoms with Crippen LogP contribution in [-0.2, 0) is 12.8 Å². The first-order valence-electron chi connectivity index (χ1n) is 6.72. The minimum absolute atomic E-state index is 0.236. The largest absolute Gasteiger partial charge is 0.507 e. The van der Waals surface area contributed by atoms with Crippen LogP contribution in [0.15, 0.2) is 53.1 Å². The molecule has 3 aromatic rings. The van der Waals surface area contributed by atoms with Gasteiger partial charge in [-0.1, -0.05) is 18.2 Å². The molecule has 2 aromatic carbocycles. The second-order valence-electron chi connectivity index (χ2n) is 4.97. The maximum atomic E-state index is 11.0. The average molecular weight is 281 g/mol. The topological polar surface area (TPSA) is 76.5 Å². The number of phenolic OH excluding ortho intramolecular Hbond substituents is 1. The lowest BCUT2D eigenvalue weighted by molar-refractivity contribution is 0.100. The highest BCUT2D eigenvalue weighted by molar-refractivity contribution is 5.92. The third-order valence-corrected chi connectivity index (χ3v) is 3.57. The van der Waals surface area contributed by atoms with Crippen LogP contribution in [0, 0.1) is 0 Å². The van der Waals surface area contributed by atoms with Gasteiger partial charge in [0.1, 0.15) is 11.3 Å². The van der Waals surface area contributed by atoms with E-state index in [2.05, 4.69) is 0 Å². The monoisotopic (exact) mass is 281 g/mol. The third-order valence-electron chi connectivity index (χ3n) is 3.57. The summed E-state index contributed by atoms with van der Waals surface area (Å²) in [5.41, 5.74) is 8.48. The van der Waals surface area contributed by atoms with E-state index in [-0.39, 0.29) is 5.75 Å². The molecule has 1 aromatic heterocycles. The number of carbonyl (C=O) groups excluding carboxylic acids is 1. The molecule has 0 fully saturated rings. The third kappa shape index (κ3) is 2.60. The average Bonchev–Trinajstić information content (AvgIpc) is 2.90. The summed E-state index contributed by atoms with van der Waals surface area (Å²) < 4.78 is 5.45. The van der Waals surface area contributed by atoms with Crippen LogP contribution >= 0.6 is 0 Å². The number of primary amides is 1. The maximum Gasteiger partial charge on any atom is 0.248 e. The van der Waals surface area contributed by atoms with Gasteiger partial charge in [-0.05, 0) is 42.7 Å². The first kappa shape index (κ1) is 13.2. The lowest BCUT2D eigenvalue weighted by Gasteiger charge is -2.02. The highest BCUT2D eigenvalue weighted by Gasteiger charge is 2.10. The van der Waals surface area contributed by atoms with E-state index in [0.717, 1.165) is 29.4 Å². The van der Waals surface area contributed by atoms with Crippen molar-refractivity contribution in [3.8, 4) is 5.75 Å². The highest BCUT2D eigenvalue weighted by Crippen LogP contribution is 2.30. The minimum Gasteiger partial charge on any atom is -0.507 e. The first-order chi connectivity index (χ1) is 10.1. The van der Waals surface area contributed by atoms with E-state index in [4.69, 9.17) is 10.2 Å². The molecule has 4 nitrogen and oxygen atoms in total. The normalized spacial score (nSPS) is 10.9. The molecule has 0 spiro atoms. The van der Waals surface area contributed by atoms with Crippen LogP contribution in [0.25, 0.3) is 11.0 Å². The predicted octanol–water partition coefficient (Wildman–Crippen LogP) is 3.02. The summed E-state index contributed by atoms with van der Waals surface area (Å²) in [6.45, 7) is 0. The number of nitrogens with two attached hydrogens (primary N) is 1. The fourth-order valence-corrected chi connectivity index (χ4v) is 2.43. The molecular formula is C17H15NO3. The second kappa shape index (κ2) is 5.32. The van der Waals surface area contributed by atoms with E-state index in [1.165, 1.54) is 0 Å². The van der Waals surface area contributed by atoms with Gasteiger partial charge in [-0.2, -0.15) is 0 Å². The molecule has 0 saturated carbocycles. The van der Waals surface area contributed by atoms with Crippen LogP contribution in [0.3, 0.4) is 0 Å². The Labute approximate surface area is 121 Å².